The summed E-state index contributed by atoms with van der Waals surface area (Å²) in [5, 5.41) is 12.7. The zero-order valence-electron chi connectivity index (χ0n) is 10.3. The maximum atomic E-state index is 8.81. The lowest BCUT2D eigenvalue weighted by atomic mass is 10.1. The molecular formula is C13H17N3O2. The summed E-state index contributed by atoms with van der Waals surface area (Å²) in [6, 6.07) is 7.60. The topological polar surface area (TPSA) is 85.2 Å². The molecule has 0 saturated heterocycles. The number of hydrogen-bond acceptors (Lipinski definition) is 5. The second kappa shape index (κ2) is 5.75. The van der Waals surface area contributed by atoms with E-state index in [1.54, 1.807) is 0 Å². The van der Waals surface area contributed by atoms with Gasteiger partial charge in [-0.15, -0.1) is 0 Å². The van der Waals surface area contributed by atoms with Crippen LogP contribution in [0.5, 0.6) is 0 Å². The van der Waals surface area contributed by atoms with E-state index in [1.807, 2.05) is 24.3 Å². The Labute approximate surface area is 106 Å². The maximum absolute atomic E-state index is 8.81. The molecule has 2 aromatic rings. The predicted molar refractivity (Wildman–Crippen MR) is 67.7 cm³/mol. The normalized spacial score (nSPS) is 12.6. The summed E-state index contributed by atoms with van der Waals surface area (Å²) in [6.45, 7) is 2.11. The molecule has 18 heavy (non-hydrogen) atoms. The molecule has 1 aromatic carbocycles. The number of nitrogens with two attached hydrogens (primary N) is 1. The first-order chi connectivity index (χ1) is 8.74. The summed E-state index contributed by atoms with van der Waals surface area (Å²) in [5.41, 5.74) is 7.95. The van der Waals surface area contributed by atoms with Crippen molar-refractivity contribution in [2.45, 2.75) is 25.8 Å². The van der Waals surface area contributed by atoms with E-state index in [-0.39, 0.29) is 6.61 Å². The van der Waals surface area contributed by atoms with Crippen LogP contribution in [-0.2, 0) is 6.42 Å². The van der Waals surface area contributed by atoms with Gasteiger partial charge < -0.3 is 15.4 Å². The monoisotopic (exact) mass is 247 g/mol. The Morgan fingerprint density at radius 1 is 1.33 bits per heavy atom. The quantitative estimate of drug-likeness (QED) is 0.839. The van der Waals surface area contributed by atoms with Gasteiger partial charge in [0.1, 0.15) is 0 Å². The number of aryl methyl sites for hydroxylation is 1. The molecule has 0 fully saturated rings. The lowest BCUT2D eigenvalue weighted by molar-refractivity contribution is 0.259. The lowest BCUT2D eigenvalue weighted by Crippen LogP contribution is -2.12. The molecule has 0 aliphatic heterocycles. The molecule has 3 N–H and O–H groups in total. The Morgan fingerprint density at radius 2 is 2.06 bits per heavy atom. The van der Waals surface area contributed by atoms with Crippen molar-refractivity contribution in [3.8, 4) is 11.4 Å². The van der Waals surface area contributed by atoms with Gasteiger partial charge in [-0.2, -0.15) is 4.98 Å². The lowest BCUT2D eigenvalue weighted by Gasteiger charge is -2.01. The molecule has 0 radical (unpaired) electrons. The van der Waals surface area contributed by atoms with Crippen molar-refractivity contribution < 1.29 is 9.63 Å². The first kappa shape index (κ1) is 12.7. The van der Waals surface area contributed by atoms with Gasteiger partial charge in [0.15, 0.2) is 0 Å². The van der Waals surface area contributed by atoms with Gasteiger partial charge in [0, 0.05) is 12.2 Å². The van der Waals surface area contributed by atoms with Crippen LogP contribution in [0.4, 0.5) is 0 Å². The summed E-state index contributed by atoms with van der Waals surface area (Å²) < 4.78 is 5.09. The first-order valence-corrected chi connectivity index (χ1v) is 6.04. The van der Waals surface area contributed by atoms with E-state index in [9.17, 15) is 0 Å². The summed E-state index contributed by atoms with van der Waals surface area (Å²) in [4.78, 5) is 4.24. The minimum atomic E-state index is -0.411. The number of aromatic nitrogens is 2. The highest BCUT2D eigenvalue weighted by molar-refractivity contribution is 5.54. The van der Waals surface area contributed by atoms with Crippen LogP contribution in [0.2, 0.25) is 0 Å². The van der Waals surface area contributed by atoms with Gasteiger partial charge >= 0.3 is 0 Å². The molecule has 5 nitrogen and oxygen atoms in total. The molecule has 0 aliphatic rings. The van der Waals surface area contributed by atoms with Crippen LogP contribution in [0.25, 0.3) is 11.4 Å². The second-order valence-corrected chi connectivity index (χ2v) is 4.13. The van der Waals surface area contributed by atoms with E-state index in [2.05, 4.69) is 17.1 Å². The first-order valence-electron chi connectivity index (χ1n) is 6.04. The molecule has 0 spiro atoms. The average molecular weight is 247 g/mol. The second-order valence-electron chi connectivity index (χ2n) is 4.13. The van der Waals surface area contributed by atoms with Crippen molar-refractivity contribution in [3.63, 3.8) is 0 Å². The molecule has 96 valence electrons. The van der Waals surface area contributed by atoms with Crippen LogP contribution in [0, 0.1) is 0 Å². The Balaban J connectivity index is 2.18. The van der Waals surface area contributed by atoms with Gasteiger partial charge in [0.25, 0.3) is 0 Å². The third kappa shape index (κ3) is 2.75. The average Bonchev–Trinajstić information content (AvgIpc) is 2.89. The molecular weight excluding hydrogens is 230 g/mol. The highest BCUT2D eigenvalue weighted by Gasteiger charge is 2.14. The van der Waals surface area contributed by atoms with Crippen LogP contribution in [0.3, 0.4) is 0 Å². The molecule has 2 rings (SSSR count). The van der Waals surface area contributed by atoms with Gasteiger partial charge in [-0.05, 0) is 18.4 Å². The summed E-state index contributed by atoms with van der Waals surface area (Å²) in [6.07, 6.45) is 1.41. The van der Waals surface area contributed by atoms with Gasteiger partial charge in [-0.3, -0.25) is 0 Å². The Hall–Kier alpha value is -1.72. The minimum Gasteiger partial charge on any atom is -0.396 e. The van der Waals surface area contributed by atoms with Crippen LogP contribution in [0.15, 0.2) is 28.8 Å². The summed E-state index contributed by atoms with van der Waals surface area (Å²) in [5.74, 6) is 0.889. The van der Waals surface area contributed by atoms with E-state index >= 15 is 0 Å². The Bertz CT molecular complexity index is 493. The number of benzene rings is 1. The fourth-order valence-corrected chi connectivity index (χ4v) is 1.66. The molecule has 0 aliphatic carbocycles. The van der Waals surface area contributed by atoms with E-state index < -0.39 is 6.04 Å². The molecule has 1 heterocycles. The van der Waals surface area contributed by atoms with E-state index in [0.717, 1.165) is 12.0 Å². The predicted octanol–water partition coefficient (Wildman–Crippen LogP) is 1.68. The van der Waals surface area contributed by atoms with Crippen molar-refractivity contribution >= 4 is 0 Å². The van der Waals surface area contributed by atoms with Crippen molar-refractivity contribution in [1.29, 1.82) is 0 Å². The van der Waals surface area contributed by atoms with Crippen molar-refractivity contribution in [1.82, 2.24) is 10.1 Å². The molecule has 5 heteroatoms. The van der Waals surface area contributed by atoms with Gasteiger partial charge in [0.2, 0.25) is 11.7 Å². The zero-order valence-corrected chi connectivity index (χ0v) is 10.3. The largest absolute Gasteiger partial charge is 0.396 e. The van der Waals surface area contributed by atoms with E-state index in [1.165, 1.54) is 5.56 Å². The fourth-order valence-electron chi connectivity index (χ4n) is 1.66. The van der Waals surface area contributed by atoms with Crippen molar-refractivity contribution in [3.05, 3.63) is 35.7 Å². The molecule has 1 aromatic heterocycles. The Kier molecular flexibility index (Phi) is 4.07. The van der Waals surface area contributed by atoms with Gasteiger partial charge in [0.05, 0.1) is 6.04 Å². The van der Waals surface area contributed by atoms with Crippen LogP contribution < -0.4 is 5.73 Å². The zero-order chi connectivity index (χ0) is 13.0. The van der Waals surface area contributed by atoms with Crippen molar-refractivity contribution in [2.75, 3.05) is 6.61 Å². The maximum Gasteiger partial charge on any atom is 0.243 e. The highest BCUT2D eigenvalue weighted by atomic mass is 16.5. The third-order valence-corrected chi connectivity index (χ3v) is 2.82. The smallest absolute Gasteiger partial charge is 0.243 e. The number of aliphatic hydroxyl groups excluding tert-OH is 1. The van der Waals surface area contributed by atoms with Crippen LogP contribution >= 0.6 is 0 Å². The van der Waals surface area contributed by atoms with E-state index in [4.69, 9.17) is 15.4 Å². The number of nitrogens with zero attached hydrogens (tertiary/aromatic N) is 2. The number of aliphatic hydroxyl groups is 1. The molecule has 1 unspecified atom stereocenters. The van der Waals surface area contributed by atoms with Gasteiger partial charge in [-0.25, -0.2) is 0 Å². The molecule has 0 amide bonds. The minimum absolute atomic E-state index is 0.00404. The number of rotatable bonds is 5. The molecule has 0 saturated carbocycles. The fraction of sp³-hybridized carbons (Fsp3) is 0.385. The highest BCUT2D eigenvalue weighted by Crippen LogP contribution is 2.19. The van der Waals surface area contributed by atoms with E-state index in [0.29, 0.717) is 18.1 Å². The number of hydrogen-bond donors (Lipinski definition) is 2. The summed E-state index contributed by atoms with van der Waals surface area (Å²) >= 11 is 0. The van der Waals surface area contributed by atoms with Crippen LogP contribution in [0.1, 0.15) is 30.8 Å². The van der Waals surface area contributed by atoms with Crippen molar-refractivity contribution in [2.24, 2.45) is 5.73 Å². The molecule has 1 atom stereocenters. The van der Waals surface area contributed by atoms with Gasteiger partial charge in [-0.1, -0.05) is 36.3 Å². The SMILES string of the molecule is CCc1ccc(-c2noc(C(N)CCO)n2)cc1. The van der Waals surface area contributed by atoms with Crippen LogP contribution in [-0.4, -0.2) is 21.9 Å². The Morgan fingerprint density at radius 3 is 2.67 bits per heavy atom. The third-order valence-electron chi connectivity index (χ3n) is 2.82. The molecule has 0 bridgehead atoms. The standard InChI is InChI=1S/C13H17N3O2/c1-2-9-3-5-10(6-4-9)12-15-13(18-16-12)11(14)7-8-17/h3-6,11,17H,2,7-8,14H2,1H3. The summed E-state index contributed by atoms with van der Waals surface area (Å²) in [7, 11) is 0.